The van der Waals surface area contributed by atoms with E-state index in [0.717, 1.165) is 48.4 Å². The van der Waals surface area contributed by atoms with Crippen LogP contribution in [0.4, 0.5) is 5.13 Å². The third kappa shape index (κ3) is 4.80. The van der Waals surface area contributed by atoms with Gasteiger partial charge in [0.25, 0.3) is 0 Å². The number of β-lactam (4-membered cyclic amide) rings is 1. The van der Waals surface area contributed by atoms with Crippen molar-refractivity contribution in [2.45, 2.75) is 63.1 Å². The van der Waals surface area contributed by atoms with Crippen LogP contribution in [0, 0.1) is 5.92 Å². The third-order valence-electron chi connectivity index (χ3n) is 6.62. The number of carbonyl (C=O) groups excluding carboxylic acids is 2. The number of amides is 1. The summed E-state index contributed by atoms with van der Waals surface area (Å²) in [5.41, 5.74) is 5.42. The van der Waals surface area contributed by atoms with E-state index in [0.29, 0.717) is 4.31 Å². The molecular weight excluding hydrogens is 530 g/mol. The fourth-order valence-electron chi connectivity index (χ4n) is 4.45. The van der Waals surface area contributed by atoms with E-state index < -0.39 is 51.9 Å². The summed E-state index contributed by atoms with van der Waals surface area (Å²) in [6.45, 7) is -0.161. The van der Waals surface area contributed by atoms with Crippen molar-refractivity contribution < 1.29 is 37.3 Å². The number of Topliss-reactive ketones (excluding diaryl/α,β-unsaturated/α-hetero) is 1. The van der Waals surface area contributed by atoms with E-state index >= 15 is 0 Å². The molecule has 0 bridgehead atoms. The van der Waals surface area contributed by atoms with Crippen LogP contribution < -0.4 is 5.73 Å². The Bertz CT molecular complexity index is 1390. The number of aliphatic carboxylic acids is 1. The molecule has 0 spiro atoms. The Morgan fingerprint density at radius 1 is 1.24 bits per heavy atom. The summed E-state index contributed by atoms with van der Waals surface area (Å²) in [7, 11) is -4.90. The molecule has 2 aliphatic carbocycles. The van der Waals surface area contributed by atoms with Crippen LogP contribution in [0.5, 0.6) is 0 Å². The number of aryl methyl sites for hydroxylation is 2. The van der Waals surface area contributed by atoms with Crippen LogP contribution in [-0.2, 0) is 48.9 Å². The SMILES string of the molecule is Nc1nc(/C(=N/OC2(C(=O)O)CC2)C(=O)C[C@@H]2C(=O)N(S(=O)(=O)O)[C@@H]2Cn2nc3c(n2)CCCC3)cs1. The second kappa shape index (κ2) is 9.14. The van der Waals surface area contributed by atoms with Crippen LogP contribution in [0.1, 0.15) is 49.2 Å². The van der Waals surface area contributed by atoms with Crippen molar-refractivity contribution in [3.05, 3.63) is 22.5 Å². The molecule has 198 valence electrons. The van der Waals surface area contributed by atoms with Crippen LogP contribution in [0.15, 0.2) is 10.5 Å². The number of anilines is 1. The van der Waals surface area contributed by atoms with Gasteiger partial charge < -0.3 is 15.7 Å². The lowest BCUT2D eigenvalue weighted by molar-refractivity contribution is -0.153. The highest BCUT2D eigenvalue weighted by Gasteiger charge is 2.56. The van der Waals surface area contributed by atoms with Gasteiger partial charge in [0.05, 0.1) is 29.9 Å². The molecule has 2 atom stereocenters. The molecule has 4 N–H and O–H groups in total. The Morgan fingerprint density at radius 3 is 2.41 bits per heavy atom. The average Bonchev–Trinajstić information content (AvgIpc) is 3.32. The maximum atomic E-state index is 13.3. The molecule has 15 nitrogen and oxygen atoms in total. The van der Waals surface area contributed by atoms with E-state index in [4.69, 9.17) is 10.6 Å². The first-order chi connectivity index (χ1) is 17.5. The lowest BCUT2D eigenvalue weighted by atomic mass is 9.84. The van der Waals surface area contributed by atoms with E-state index in [1.54, 1.807) is 0 Å². The van der Waals surface area contributed by atoms with Crippen LogP contribution >= 0.6 is 11.3 Å². The molecule has 17 heteroatoms. The molecule has 0 radical (unpaired) electrons. The summed E-state index contributed by atoms with van der Waals surface area (Å²) in [4.78, 5) is 47.9. The Hall–Kier alpha value is -3.44. The first-order valence-electron chi connectivity index (χ1n) is 11.5. The highest BCUT2D eigenvalue weighted by atomic mass is 32.2. The fraction of sp³-hybridized carbons (Fsp3) is 0.550. The normalized spacial score (nSPS) is 22.8. The minimum Gasteiger partial charge on any atom is -0.478 e. The zero-order chi connectivity index (χ0) is 26.5. The smallest absolute Gasteiger partial charge is 0.362 e. The van der Waals surface area contributed by atoms with Gasteiger partial charge in [-0.3, -0.25) is 14.1 Å². The number of aromatic nitrogens is 4. The van der Waals surface area contributed by atoms with E-state index in [1.807, 2.05) is 0 Å². The standard InChI is InChI=1S/C20H23N7O8S2/c21-19-22-13(9-36-19)16(25-35-20(5-6-20)18(30)31)15(28)7-10-14(27(17(10)29)37(32,33)34)8-26-23-11-3-1-2-4-12(11)24-26/h9-10,14H,1-8H2,(H2,21,22)(H,30,31)(H,32,33,34)/b25-16-/t10-,14+/m0/s1. The molecular formula is C20H23N7O8S2. The van der Waals surface area contributed by atoms with Gasteiger partial charge >= 0.3 is 16.3 Å². The molecule has 5 rings (SSSR count). The first kappa shape index (κ1) is 25.2. The number of oxime groups is 1. The number of nitrogen functional groups attached to an aromatic ring is 1. The van der Waals surface area contributed by atoms with E-state index in [-0.39, 0.29) is 35.9 Å². The third-order valence-corrected chi connectivity index (χ3v) is 8.24. The summed E-state index contributed by atoms with van der Waals surface area (Å²) in [5, 5.41) is 23.4. The molecule has 2 aromatic heterocycles. The number of hydrogen-bond donors (Lipinski definition) is 3. The predicted molar refractivity (Wildman–Crippen MR) is 126 cm³/mol. The van der Waals surface area contributed by atoms with Crippen molar-refractivity contribution in [3.8, 4) is 0 Å². The number of carboxylic acid groups (broad SMARTS) is 1. The van der Waals surface area contributed by atoms with Crippen molar-refractivity contribution in [2.75, 3.05) is 5.73 Å². The number of fused-ring (bicyclic) bond motifs is 1. The Morgan fingerprint density at radius 2 is 1.89 bits per heavy atom. The molecule has 37 heavy (non-hydrogen) atoms. The highest BCUT2D eigenvalue weighted by Crippen LogP contribution is 2.40. The zero-order valence-electron chi connectivity index (χ0n) is 19.3. The van der Waals surface area contributed by atoms with E-state index in [9.17, 15) is 32.5 Å². The quantitative estimate of drug-likeness (QED) is 0.151. The van der Waals surface area contributed by atoms with E-state index in [2.05, 4.69) is 20.3 Å². The van der Waals surface area contributed by atoms with Crippen LogP contribution in [-0.4, -0.2) is 77.4 Å². The lowest BCUT2D eigenvalue weighted by Gasteiger charge is -2.43. The number of nitrogens with zero attached hydrogens (tertiary/aromatic N) is 6. The molecule has 1 saturated carbocycles. The second-order valence-corrected chi connectivity index (χ2v) is 11.3. The maximum Gasteiger partial charge on any atom is 0.362 e. The maximum absolute atomic E-state index is 13.3. The van der Waals surface area contributed by atoms with Gasteiger partial charge in [-0.15, -0.1) is 11.3 Å². The number of rotatable bonds is 10. The minimum atomic E-state index is -4.90. The topological polar surface area (TPSA) is 220 Å². The lowest BCUT2D eigenvalue weighted by Crippen LogP contribution is -2.64. The van der Waals surface area contributed by atoms with Crippen molar-refractivity contribution >= 4 is 50.1 Å². The van der Waals surface area contributed by atoms with Gasteiger partial charge in [-0.1, -0.05) is 5.16 Å². The fourth-order valence-corrected chi connectivity index (χ4v) is 5.91. The van der Waals surface area contributed by atoms with Crippen molar-refractivity contribution in [1.82, 2.24) is 24.3 Å². The van der Waals surface area contributed by atoms with Gasteiger partial charge in [0.15, 0.2) is 16.6 Å². The largest absolute Gasteiger partial charge is 0.478 e. The molecule has 1 saturated heterocycles. The number of hydrogen-bond acceptors (Lipinski definition) is 12. The molecule has 3 heterocycles. The second-order valence-electron chi connectivity index (χ2n) is 9.17. The average molecular weight is 554 g/mol. The molecule has 0 aromatic carbocycles. The molecule has 3 aliphatic rings. The van der Waals surface area contributed by atoms with Crippen molar-refractivity contribution in [3.63, 3.8) is 0 Å². The molecule has 0 unspecified atom stereocenters. The van der Waals surface area contributed by atoms with Gasteiger partial charge in [0, 0.05) is 24.6 Å². The number of carboxylic acids is 1. The Kier molecular flexibility index (Phi) is 6.23. The van der Waals surface area contributed by atoms with Crippen LogP contribution in [0.3, 0.4) is 0 Å². The number of ketones is 1. The minimum absolute atomic E-state index is 0.0325. The zero-order valence-corrected chi connectivity index (χ0v) is 20.9. The monoisotopic (exact) mass is 553 g/mol. The number of thiazole rings is 1. The molecule has 1 amide bonds. The van der Waals surface area contributed by atoms with Crippen molar-refractivity contribution in [2.24, 2.45) is 11.1 Å². The van der Waals surface area contributed by atoms with Gasteiger partial charge in [-0.25, -0.2) is 14.1 Å². The molecule has 2 fully saturated rings. The van der Waals surface area contributed by atoms with Gasteiger partial charge in [-0.05, 0) is 25.7 Å². The predicted octanol–water partition coefficient (Wildman–Crippen LogP) is -0.177. The number of nitrogens with two attached hydrogens (primary N) is 1. The van der Waals surface area contributed by atoms with Crippen molar-refractivity contribution in [1.29, 1.82) is 0 Å². The number of carbonyl (C=O) groups is 3. The van der Waals surface area contributed by atoms with Crippen LogP contribution in [0.2, 0.25) is 0 Å². The summed E-state index contributed by atoms with van der Waals surface area (Å²) in [6.07, 6.45) is 3.29. The summed E-state index contributed by atoms with van der Waals surface area (Å²) in [6, 6.07) is -1.13. The summed E-state index contributed by atoms with van der Waals surface area (Å²) in [5.74, 6) is -4.08. The van der Waals surface area contributed by atoms with Gasteiger partial charge in [-0.2, -0.15) is 23.4 Å². The summed E-state index contributed by atoms with van der Waals surface area (Å²) >= 11 is 1.02. The molecule has 1 aliphatic heterocycles. The van der Waals surface area contributed by atoms with E-state index in [1.165, 1.54) is 10.2 Å². The highest BCUT2D eigenvalue weighted by molar-refractivity contribution is 7.84. The van der Waals surface area contributed by atoms with Crippen LogP contribution in [0.25, 0.3) is 0 Å². The van der Waals surface area contributed by atoms with Gasteiger partial charge in [0.2, 0.25) is 11.5 Å². The summed E-state index contributed by atoms with van der Waals surface area (Å²) < 4.78 is 33.7. The first-order valence-corrected chi connectivity index (χ1v) is 13.7. The Balaban J connectivity index is 1.39. The van der Waals surface area contributed by atoms with Gasteiger partial charge in [0.1, 0.15) is 5.69 Å². The Labute approximate surface area is 214 Å². The molecule has 2 aromatic rings.